The average Bonchev–Trinajstić information content (AvgIpc) is 2.61. The smallest absolute Gasteiger partial charge is 0.254 e. The Kier molecular flexibility index (Phi) is 2.22. The quantitative estimate of drug-likeness (QED) is 0.674. The van der Waals surface area contributed by atoms with Crippen molar-refractivity contribution < 1.29 is 4.79 Å². The fraction of sp³-hybridized carbons (Fsp3) is 0.333. The van der Waals surface area contributed by atoms with Crippen LogP contribution in [0.3, 0.4) is 0 Å². The fourth-order valence-electron chi connectivity index (χ4n) is 1.30. The maximum absolute atomic E-state index is 10.5. The molecule has 72 valence electrons. The van der Waals surface area contributed by atoms with Crippen molar-refractivity contribution in [1.82, 2.24) is 19.6 Å². The topological polar surface area (TPSA) is 60.2 Å². The molecule has 14 heavy (non-hydrogen) atoms. The molecule has 2 heterocycles. The molecule has 0 amide bonds. The summed E-state index contributed by atoms with van der Waals surface area (Å²) >= 11 is 0. The van der Waals surface area contributed by atoms with Crippen molar-refractivity contribution in [2.24, 2.45) is 0 Å². The van der Waals surface area contributed by atoms with Gasteiger partial charge < -0.3 is 0 Å². The van der Waals surface area contributed by atoms with Gasteiger partial charge in [0, 0.05) is 24.4 Å². The van der Waals surface area contributed by atoms with E-state index in [1.54, 1.807) is 10.6 Å². The highest BCUT2D eigenvalue weighted by Crippen LogP contribution is 2.04. The highest BCUT2D eigenvalue weighted by Gasteiger charge is 2.05. The second kappa shape index (κ2) is 3.53. The van der Waals surface area contributed by atoms with E-state index < -0.39 is 0 Å². The van der Waals surface area contributed by atoms with Crippen LogP contribution in [-0.2, 0) is 6.42 Å². The van der Waals surface area contributed by atoms with E-state index in [0.717, 1.165) is 25.0 Å². The predicted molar refractivity (Wildman–Crippen MR) is 50.2 cm³/mol. The molecule has 0 radical (unpaired) electrons. The Labute approximate surface area is 80.8 Å². The molecule has 0 fully saturated rings. The number of hydrogen-bond acceptors (Lipinski definition) is 4. The van der Waals surface area contributed by atoms with Crippen LogP contribution < -0.4 is 0 Å². The fourth-order valence-corrected chi connectivity index (χ4v) is 1.30. The van der Waals surface area contributed by atoms with E-state index in [4.69, 9.17) is 0 Å². The van der Waals surface area contributed by atoms with Gasteiger partial charge in [-0.3, -0.25) is 9.20 Å². The first-order valence-electron chi connectivity index (χ1n) is 4.50. The van der Waals surface area contributed by atoms with Gasteiger partial charge >= 0.3 is 0 Å². The summed E-state index contributed by atoms with van der Waals surface area (Å²) in [6.07, 6.45) is 5.80. The van der Waals surface area contributed by atoms with Crippen LogP contribution in [0.4, 0.5) is 0 Å². The first kappa shape index (κ1) is 8.80. The van der Waals surface area contributed by atoms with Crippen LogP contribution in [0, 0.1) is 0 Å². The number of aryl methyl sites for hydroxylation is 1. The number of fused-ring (bicyclic) bond motifs is 1. The van der Waals surface area contributed by atoms with Crippen molar-refractivity contribution in [2.45, 2.75) is 19.8 Å². The monoisotopic (exact) mass is 190 g/mol. The Hall–Kier alpha value is -1.78. The molecule has 0 N–H and O–H groups in total. The van der Waals surface area contributed by atoms with E-state index in [9.17, 15) is 4.79 Å². The lowest BCUT2D eigenvalue weighted by molar-refractivity contribution is 0.112. The molecule has 0 spiro atoms. The van der Waals surface area contributed by atoms with Crippen LogP contribution >= 0.6 is 0 Å². The van der Waals surface area contributed by atoms with Gasteiger partial charge in [0.25, 0.3) is 5.78 Å². The van der Waals surface area contributed by atoms with Crippen molar-refractivity contribution in [1.29, 1.82) is 0 Å². The van der Waals surface area contributed by atoms with Gasteiger partial charge in [-0.15, -0.1) is 10.2 Å². The van der Waals surface area contributed by atoms with Crippen LogP contribution in [0.2, 0.25) is 0 Å². The lowest BCUT2D eigenvalue weighted by Gasteiger charge is -1.96. The standard InChI is InChI=1S/C9H10N4O/c1-2-3-8-11-12-9-10-4-7(6-14)5-13(8)9/h4-6H,2-3H2,1H3. The summed E-state index contributed by atoms with van der Waals surface area (Å²) in [5, 5.41) is 7.89. The van der Waals surface area contributed by atoms with Crippen LogP contribution in [0.5, 0.6) is 0 Å². The van der Waals surface area contributed by atoms with Gasteiger partial charge in [0.05, 0.1) is 0 Å². The number of hydrogen-bond donors (Lipinski definition) is 0. The number of nitrogens with zero attached hydrogens (tertiary/aromatic N) is 4. The van der Waals surface area contributed by atoms with Crippen molar-refractivity contribution in [2.75, 3.05) is 0 Å². The summed E-state index contributed by atoms with van der Waals surface area (Å²) in [5.41, 5.74) is 0.537. The minimum atomic E-state index is 0.537. The van der Waals surface area contributed by atoms with Crippen LogP contribution in [0.25, 0.3) is 5.78 Å². The summed E-state index contributed by atoms with van der Waals surface area (Å²) in [4.78, 5) is 14.6. The number of aromatic nitrogens is 4. The van der Waals surface area contributed by atoms with Gasteiger partial charge in [0.15, 0.2) is 6.29 Å². The summed E-state index contributed by atoms with van der Waals surface area (Å²) < 4.78 is 1.76. The summed E-state index contributed by atoms with van der Waals surface area (Å²) in [6.45, 7) is 2.07. The molecule has 2 rings (SSSR count). The van der Waals surface area contributed by atoms with Gasteiger partial charge in [0.1, 0.15) is 5.82 Å². The maximum atomic E-state index is 10.5. The molecule has 2 aromatic heterocycles. The molecule has 0 aliphatic rings. The minimum Gasteiger partial charge on any atom is -0.298 e. The van der Waals surface area contributed by atoms with E-state index in [0.29, 0.717) is 11.3 Å². The highest BCUT2D eigenvalue weighted by atomic mass is 16.1. The number of aldehydes is 1. The van der Waals surface area contributed by atoms with Gasteiger partial charge in [-0.25, -0.2) is 4.98 Å². The van der Waals surface area contributed by atoms with E-state index in [-0.39, 0.29) is 0 Å². The molecule has 0 saturated carbocycles. The summed E-state index contributed by atoms with van der Waals surface area (Å²) in [5.74, 6) is 1.39. The highest BCUT2D eigenvalue weighted by molar-refractivity contribution is 5.73. The minimum absolute atomic E-state index is 0.537. The van der Waals surface area contributed by atoms with Gasteiger partial charge in [-0.2, -0.15) is 0 Å². The van der Waals surface area contributed by atoms with Crippen LogP contribution in [0.15, 0.2) is 12.4 Å². The Balaban J connectivity index is 2.57. The molecular weight excluding hydrogens is 180 g/mol. The predicted octanol–water partition coefficient (Wildman–Crippen LogP) is 0.889. The van der Waals surface area contributed by atoms with E-state index in [1.165, 1.54) is 6.20 Å². The molecule has 5 heteroatoms. The first-order chi connectivity index (χ1) is 6.85. The van der Waals surface area contributed by atoms with Crippen LogP contribution in [-0.4, -0.2) is 25.9 Å². The Bertz CT molecular complexity index is 463. The van der Waals surface area contributed by atoms with Crippen molar-refractivity contribution >= 4 is 12.1 Å². The number of carbonyl (C=O) groups is 1. The molecule has 5 nitrogen and oxygen atoms in total. The summed E-state index contributed by atoms with van der Waals surface area (Å²) in [6, 6.07) is 0. The van der Waals surface area contributed by atoms with Crippen molar-refractivity contribution in [3.63, 3.8) is 0 Å². The Morgan fingerprint density at radius 3 is 3.07 bits per heavy atom. The second-order valence-electron chi connectivity index (χ2n) is 3.04. The molecule has 0 bridgehead atoms. The molecule has 0 unspecified atom stereocenters. The van der Waals surface area contributed by atoms with Gasteiger partial charge in [0.2, 0.25) is 0 Å². The average molecular weight is 190 g/mol. The first-order valence-corrected chi connectivity index (χ1v) is 4.50. The van der Waals surface area contributed by atoms with Crippen molar-refractivity contribution in [3.05, 3.63) is 23.8 Å². The molecule has 0 saturated heterocycles. The normalized spacial score (nSPS) is 10.6. The number of carbonyl (C=O) groups excluding carboxylic acids is 1. The van der Waals surface area contributed by atoms with Gasteiger partial charge in [-0.1, -0.05) is 6.92 Å². The molecule has 0 aliphatic heterocycles. The van der Waals surface area contributed by atoms with Crippen LogP contribution in [0.1, 0.15) is 29.5 Å². The molecule has 2 aromatic rings. The Morgan fingerprint density at radius 1 is 1.50 bits per heavy atom. The van der Waals surface area contributed by atoms with E-state index >= 15 is 0 Å². The molecule has 0 aliphatic carbocycles. The zero-order valence-corrected chi connectivity index (χ0v) is 7.84. The SMILES string of the molecule is CCCc1nnc2ncc(C=O)cn12. The largest absolute Gasteiger partial charge is 0.298 e. The van der Waals surface area contributed by atoms with Crippen molar-refractivity contribution in [3.8, 4) is 0 Å². The van der Waals surface area contributed by atoms with E-state index in [2.05, 4.69) is 22.1 Å². The second-order valence-corrected chi connectivity index (χ2v) is 3.04. The lowest BCUT2D eigenvalue weighted by atomic mass is 10.3. The molecule has 0 aromatic carbocycles. The molecular formula is C9H10N4O. The third-order valence-electron chi connectivity index (χ3n) is 1.97. The van der Waals surface area contributed by atoms with E-state index in [1.807, 2.05) is 0 Å². The molecule has 0 atom stereocenters. The third kappa shape index (κ3) is 1.37. The number of rotatable bonds is 3. The maximum Gasteiger partial charge on any atom is 0.254 e. The lowest BCUT2D eigenvalue weighted by Crippen LogP contribution is -1.97. The zero-order chi connectivity index (χ0) is 9.97. The van der Waals surface area contributed by atoms with Gasteiger partial charge in [-0.05, 0) is 6.42 Å². The zero-order valence-electron chi connectivity index (χ0n) is 7.84. The Morgan fingerprint density at radius 2 is 2.36 bits per heavy atom. The third-order valence-corrected chi connectivity index (χ3v) is 1.97. The summed E-state index contributed by atoms with van der Waals surface area (Å²) in [7, 11) is 0.